The lowest BCUT2D eigenvalue weighted by atomic mass is 9.90. The lowest BCUT2D eigenvalue weighted by Crippen LogP contribution is -2.56. The molecule has 0 spiro atoms. The van der Waals surface area contributed by atoms with Crippen molar-refractivity contribution in [1.82, 2.24) is 15.5 Å². The molecule has 1 heterocycles. The summed E-state index contributed by atoms with van der Waals surface area (Å²) in [6.45, 7) is 5.93. The molecule has 1 aromatic rings. The number of benzene rings is 1. The molecule has 2 aliphatic rings. The number of carbonyl (C=O) groups excluding carboxylic acids is 4. The van der Waals surface area contributed by atoms with Crippen molar-refractivity contribution in [2.45, 2.75) is 96.6 Å². The third-order valence-electron chi connectivity index (χ3n) is 7.48. The molecule has 3 rings (SSSR count). The first-order valence-electron chi connectivity index (χ1n) is 13.9. The van der Waals surface area contributed by atoms with E-state index in [2.05, 4.69) is 16.7 Å². The summed E-state index contributed by atoms with van der Waals surface area (Å²) >= 11 is 0. The monoisotopic (exact) mass is 536 g/mol. The van der Waals surface area contributed by atoms with E-state index in [1.165, 1.54) is 4.90 Å². The molecule has 1 aliphatic heterocycles. The van der Waals surface area contributed by atoms with Gasteiger partial charge in [0.1, 0.15) is 30.0 Å². The molecular formula is C30H40N4O5. The molecule has 3 amide bonds. The van der Waals surface area contributed by atoms with Gasteiger partial charge < -0.3 is 25.1 Å². The van der Waals surface area contributed by atoms with E-state index < -0.39 is 42.0 Å². The number of hydrogen-bond acceptors (Lipinski definition) is 6. The zero-order valence-electron chi connectivity index (χ0n) is 23.2. The summed E-state index contributed by atoms with van der Waals surface area (Å²) in [6, 6.07) is 9.24. The Labute approximate surface area is 231 Å². The van der Waals surface area contributed by atoms with Gasteiger partial charge in [-0.15, -0.1) is 0 Å². The summed E-state index contributed by atoms with van der Waals surface area (Å²) in [5, 5.41) is 15.2. The summed E-state index contributed by atoms with van der Waals surface area (Å²) in [5.74, 6) is -1.67. The van der Waals surface area contributed by atoms with Crippen molar-refractivity contribution < 1.29 is 23.9 Å². The summed E-state index contributed by atoms with van der Waals surface area (Å²) in [7, 11) is 0. The first kappa shape index (κ1) is 30.0. The van der Waals surface area contributed by atoms with Gasteiger partial charge in [-0.05, 0) is 49.2 Å². The molecule has 1 saturated carbocycles. The minimum atomic E-state index is -0.929. The molecule has 0 bridgehead atoms. The third-order valence-corrected chi connectivity index (χ3v) is 7.48. The molecule has 2 fully saturated rings. The van der Waals surface area contributed by atoms with Crippen LogP contribution >= 0.6 is 0 Å². The van der Waals surface area contributed by atoms with Crippen LogP contribution in [0, 0.1) is 17.2 Å². The van der Waals surface area contributed by atoms with Crippen molar-refractivity contribution in [3.63, 3.8) is 0 Å². The fraction of sp³-hybridized carbons (Fsp3) is 0.567. The number of ether oxygens (including phenoxy) is 1. The summed E-state index contributed by atoms with van der Waals surface area (Å²) in [6.07, 6.45) is 5.36. The zero-order chi connectivity index (χ0) is 28.4. The van der Waals surface area contributed by atoms with Crippen LogP contribution in [0.25, 0.3) is 0 Å². The number of amides is 3. The maximum Gasteiger partial charge on any atom is 0.262 e. The maximum atomic E-state index is 13.9. The summed E-state index contributed by atoms with van der Waals surface area (Å²) in [5.41, 5.74) is 1.90. The van der Waals surface area contributed by atoms with Crippen molar-refractivity contribution >= 4 is 24.0 Å². The molecule has 1 saturated heterocycles. The quantitative estimate of drug-likeness (QED) is 0.254. The van der Waals surface area contributed by atoms with Crippen LogP contribution in [0.1, 0.15) is 71.3 Å². The van der Waals surface area contributed by atoms with Crippen molar-refractivity contribution in [3.8, 4) is 6.07 Å². The highest BCUT2D eigenvalue weighted by Crippen LogP contribution is 2.27. The molecule has 0 radical (unpaired) electrons. The minimum absolute atomic E-state index is 0.0877. The Morgan fingerprint density at radius 1 is 1.13 bits per heavy atom. The van der Waals surface area contributed by atoms with Crippen LogP contribution in [0.4, 0.5) is 0 Å². The molecule has 210 valence electrons. The standard InChI is InChI=1S/C30H40N4O5/c1-4-23(18-35)32-29(37)26-15-24(39-19-21-11-7-5-8-12-21)17-34(26)30(38)27(20(2)3)33-28(36)25(16-31)22-13-9-6-10-14-22/h5,7-8,11-12,18,20,23-24,26-27H,4,6,9-10,13-15,17,19H2,1-3H3,(H,32,37)(H,33,36)/t23-,24+,26-,27-/m0/s1. The number of rotatable bonds is 11. The Hall–Kier alpha value is -3.51. The van der Waals surface area contributed by atoms with E-state index in [-0.39, 0.29) is 24.5 Å². The summed E-state index contributed by atoms with van der Waals surface area (Å²) < 4.78 is 6.08. The van der Waals surface area contributed by atoms with Gasteiger partial charge >= 0.3 is 0 Å². The Morgan fingerprint density at radius 2 is 1.82 bits per heavy atom. The minimum Gasteiger partial charge on any atom is -0.372 e. The largest absolute Gasteiger partial charge is 0.372 e. The number of likely N-dealkylation sites (tertiary alicyclic amines) is 1. The topological polar surface area (TPSA) is 129 Å². The second kappa shape index (κ2) is 14.6. The van der Waals surface area contributed by atoms with Gasteiger partial charge in [-0.25, -0.2) is 0 Å². The van der Waals surface area contributed by atoms with Gasteiger partial charge in [0.2, 0.25) is 11.8 Å². The van der Waals surface area contributed by atoms with Crippen molar-refractivity contribution in [3.05, 3.63) is 47.0 Å². The molecular weight excluding hydrogens is 496 g/mol. The smallest absolute Gasteiger partial charge is 0.262 e. The molecule has 1 aromatic carbocycles. The van der Waals surface area contributed by atoms with E-state index in [1.54, 1.807) is 6.92 Å². The number of nitriles is 1. The lowest BCUT2D eigenvalue weighted by Gasteiger charge is -2.31. The zero-order valence-corrected chi connectivity index (χ0v) is 23.2. The molecule has 39 heavy (non-hydrogen) atoms. The number of allylic oxidation sites excluding steroid dienone is 1. The van der Waals surface area contributed by atoms with E-state index in [1.807, 2.05) is 44.2 Å². The first-order valence-corrected chi connectivity index (χ1v) is 13.9. The van der Waals surface area contributed by atoms with Crippen molar-refractivity contribution in [2.24, 2.45) is 5.92 Å². The van der Waals surface area contributed by atoms with Crippen LogP contribution in [0.15, 0.2) is 41.5 Å². The van der Waals surface area contributed by atoms with E-state index in [4.69, 9.17) is 4.74 Å². The Morgan fingerprint density at radius 3 is 2.41 bits per heavy atom. The van der Waals surface area contributed by atoms with Crippen LogP contribution < -0.4 is 10.6 Å². The van der Waals surface area contributed by atoms with Gasteiger partial charge in [0.15, 0.2) is 0 Å². The molecule has 0 aromatic heterocycles. The Bertz CT molecular complexity index is 1090. The highest BCUT2D eigenvalue weighted by atomic mass is 16.5. The van der Waals surface area contributed by atoms with Crippen LogP contribution in [-0.2, 0) is 30.5 Å². The van der Waals surface area contributed by atoms with Gasteiger partial charge in [0.05, 0.1) is 18.8 Å². The fourth-order valence-electron chi connectivity index (χ4n) is 5.13. The van der Waals surface area contributed by atoms with Gasteiger partial charge in [0, 0.05) is 13.0 Å². The van der Waals surface area contributed by atoms with E-state index in [0.29, 0.717) is 32.2 Å². The second-order valence-corrected chi connectivity index (χ2v) is 10.7. The third kappa shape index (κ3) is 7.99. The van der Waals surface area contributed by atoms with Crippen molar-refractivity contribution in [2.75, 3.05) is 6.54 Å². The average molecular weight is 537 g/mol. The molecule has 4 atom stereocenters. The number of hydrogen-bond donors (Lipinski definition) is 2. The Kier molecular flexibility index (Phi) is 11.2. The van der Waals surface area contributed by atoms with Gasteiger partial charge in [0.25, 0.3) is 5.91 Å². The van der Waals surface area contributed by atoms with Crippen LogP contribution in [-0.4, -0.2) is 59.7 Å². The predicted molar refractivity (Wildman–Crippen MR) is 146 cm³/mol. The van der Waals surface area contributed by atoms with E-state index in [0.717, 1.165) is 30.4 Å². The fourth-order valence-corrected chi connectivity index (χ4v) is 5.13. The normalized spacial score (nSPS) is 20.6. The SMILES string of the molecule is CC[C@@H](C=O)NC(=O)[C@@H]1C[C@@H](OCc2ccccc2)CN1C(=O)[C@@H](NC(=O)C(C#N)=C1CCCCC1)C(C)C. The highest BCUT2D eigenvalue weighted by Gasteiger charge is 2.43. The second-order valence-electron chi connectivity index (χ2n) is 10.7. The molecule has 0 unspecified atom stereocenters. The van der Waals surface area contributed by atoms with Crippen LogP contribution in [0.5, 0.6) is 0 Å². The van der Waals surface area contributed by atoms with E-state index in [9.17, 15) is 24.4 Å². The maximum absolute atomic E-state index is 13.9. The lowest BCUT2D eigenvalue weighted by molar-refractivity contribution is -0.142. The van der Waals surface area contributed by atoms with E-state index >= 15 is 0 Å². The Balaban J connectivity index is 1.80. The molecule has 1 aliphatic carbocycles. The first-order chi connectivity index (χ1) is 18.8. The summed E-state index contributed by atoms with van der Waals surface area (Å²) in [4.78, 5) is 53.1. The van der Waals surface area contributed by atoms with Crippen LogP contribution in [0.2, 0.25) is 0 Å². The van der Waals surface area contributed by atoms with Gasteiger partial charge in [-0.3, -0.25) is 14.4 Å². The molecule has 9 heteroatoms. The molecule has 2 N–H and O–H groups in total. The number of nitrogens with one attached hydrogen (secondary N) is 2. The van der Waals surface area contributed by atoms with Crippen LogP contribution in [0.3, 0.4) is 0 Å². The number of aldehydes is 1. The molecule has 9 nitrogen and oxygen atoms in total. The number of nitrogens with zero attached hydrogens (tertiary/aromatic N) is 2. The van der Waals surface area contributed by atoms with Crippen molar-refractivity contribution in [1.29, 1.82) is 5.26 Å². The van der Waals surface area contributed by atoms with Gasteiger partial charge in [-0.1, -0.05) is 57.5 Å². The average Bonchev–Trinajstić information content (AvgIpc) is 3.39. The predicted octanol–water partition coefficient (Wildman–Crippen LogP) is 3.19. The van der Waals surface area contributed by atoms with Gasteiger partial charge in [-0.2, -0.15) is 5.26 Å². The highest BCUT2D eigenvalue weighted by molar-refractivity contribution is 6.01. The number of carbonyl (C=O) groups is 4.